The number of carbonyl (C=O) groups is 2. The highest BCUT2D eigenvalue weighted by Crippen LogP contribution is 2.18. The average Bonchev–Trinajstić information content (AvgIpc) is 2.65. The van der Waals surface area contributed by atoms with E-state index in [0.29, 0.717) is 17.1 Å². The molecule has 2 aromatic carbocycles. The molecule has 148 valence electrons. The van der Waals surface area contributed by atoms with Crippen molar-refractivity contribution in [2.45, 2.75) is 13.8 Å². The standard InChI is InChI=1S/C20H17F2N5O2/c1-11-9-18(19(29)25-14-5-3-13(4-6-14)24-12(2)28)27-20(23-11)26-15-7-8-16(21)17(22)10-15/h3-10H,1-2H3,(H,24,28)(H,25,29)(H,23,26,27). The Labute approximate surface area is 165 Å². The lowest BCUT2D eigenvalue weighted by atomic mass is 10.2. The highest BCUT2D eigenvalue weighted by Gasteiger charge is 2.12. The highest BCUT2D eigenvalue weighted by atomic mass is 19.2. The molecule has 0 saturated heterocycles. The molecule has 0 aliphatic heterocycles. The van der Waals surface area contributed by atoms with Gasteiger partial charge in [-0.3, -0.25) is 9.59 Å². The van der Waals surface area contributed by atoms with Gasteiger partial charge in [0, 0.05) is 35.7 Å². The summed E-state index contributed by atoms with van der Waals surface area (Å²) in [7, 11) is 0. The second-order valence-electron chi connectivity index (χ2n) is 6.18. The molecule has 0 radical (unpaired) electrons. The minimum atomic E-state index is -1.01. The van der Waals surface area contributed by atoms with Crippen molar-refractivity contribution in [1.82, 2.24) is 9.97 Å². The number of hydrogen-bond acceptors (Lipinski definition) is 5. The van der Waals surface area contributed by atoms with Gasteiger partial charge in [0.25, 0.3) is 5.91 Å². The maximum absolute atomic E-state index is 13.4. The van der Waals surface area contributed by atoms with Gasteiger partial charge in [0.05, 0.1) is 0 Å². The van der Waals surface area contributed by atoms with Crippen molar-refractivity contribution in [3.8, 4) is 0 Å². The molecule has 7 nitrogen and oxygen atoms in total. The fraction of sp³-hybridized carbons (Fsp3) is 0.100. The van der Waals surface area contributed by atoms with Crippen LogP contribution in [-0.4, -0.2) is 21.8 Å². The van der Waals surface area contributed by atoms with E-state index in [-0.39, 0.29) is 23.2 Å². The van der Waals surface area contributed by atoms with Gasteiger partial charge in [-0.2, -0.15) is 0 Å². The second-order valence-corrected chi connectivity index (χ2v) is 6.18. The molecule has 0 saturated carbocycles. The number of nitrogens with zero attached hydrogens (tertiary/aromatic N) is 2. The molecule has 0 bridgehead atoms. The molecular formula is C20H17F2N5O2. The van der Waals surface area contributed by atoms with Gasteiger partial charge in [-0.25, -0.2) is 18.7 Å². The lowest BCUT2D eigenvalue weighted by Gasteiger charge is -2.10. The summed E-state index contributed by atoms with van der Waals surface area (Å²) >= 11 is 0. The van der Waals surface area contributed by atoms with E-state index in [1.165, 1.54) is 19.1 Å². The number of rotatable bonds is 5. The Balaban J connectivity index is 1.75. The molecule has 0 unspecified atom stereocenters. The van der Waals surface area contributed by atoms with Gasteiger partial charge < -0.3 is 16.0 Å². The number of aromatic nitrogens is 2. The van der Waals surface area contributed by atoms with Crippen LogP contribution < -0.4 is 16.0 Å². The zero-order valence-corrected chi connectivity index (χ0v) is 15.6. The Kier molecular flexibility index (Phi) is 5.77. The first-order valence-corrected chi connectivity index (χ1v) is 8.57. The molecule has 0 aliphatic carbocycles. The fourth-order valence-electron chi connectivity index (χ4n) is 2.48. The fourth-order valence-corrected chi connectivity index (χ4v) is 2.48. The summed E-state index contributed by atoms with van der Waals surface area (Å²) < 4.78 is 26.4. The topological polar surface area (TPSA) is 96.0 Å². The van der Waals surface area contributed by atoms with Crippen LogP contribution in [0, 0.1) is 18.6 Å². The summed E-state index contributed by atoms with van der Waals surface area (Å²) in [6.07, 6.45) is 0. The van der Waals surface area contributed by atoms with Crippen LogP contribution in [0.5, 0.6) is 0 Å². The first-order chi connectivity index (χ1) is 13.8. The Hall–Kier alpha value is -3.88. The monoisotopic (exact) mass is 397 g/mol. The van der Waals surface area contributed by atoms with Crippen molar-refractivity contribution in [3.05, 3.63) is 71.6 Å². The summed E-state index contributed by atoms with van der Waals surface area (Å²) in [5.41, 5.74) is 1.96. The molecule has 3 rings (SSSR count). The van der Waals surface area contributed by atoms with Crippen molar-refractivity contribution in [3.63, 3.8) is 0 Å². The molecule has 1 heterocycles. The van der Waals surface area contributed by atoms with Crippen LogP contribution >= 0.6 is 0 Å². The highest BCUT2D eigenvalue weighted by molar-refractivity contribution is 6.03. The molecule has 1 aromatic heterocycles. The molecule has 2 amide bonds. The van der Waals surface area contributed by atoms with Gasteiger partial charge in [-0.05, 0) is 49.4 Å². The zero-order chi connectivity index (χ0) is 21.0. The number of benzene rings is 2. The lowest BCUT2D eigenvalue weighted by molar-refractivity contribution is -0.114. The van der Waals surface area contributed by atoms with Gasteiger partial charge in [0.15, 0.2) is 11.6 Å². The summed E-state index contributed by atoms with van der Waals surface area (Å²) in [5.74, 6) is -2.58. The lowest BCUT2D eigenvalue weighted by Crippen LogP contribution is -2.15. The maximum atomic E-state index is 13.4. The molecule has 3 N–H and O–H groups in total. The third-order valence-electron chi connectivity index (χ3n) is 3.73. The molecule has 0 atom stereocenters. The minimum Gasteiger partial charge on any atom is -0.326 e. The van der Waals surface area contributed by atoms with Gasteiger partial charge in [-0.15, -0.1) is 0 Å². The van der Waals surface area contributed by atoms with E-state index in [4.69, 9.17) is 0 Å². The first-order valence-electron chi connectivity index (χ1n) is 8.57. The summed E-state index contributed by atoms with van der Waals surface area (Å²) in [6, 6.07) is 11.4. The second kappa shape index (κ2) is 8.42. The summed E-state index contributed by atoms with van der Waals surface area (Å²) in [5, 5.41) is 8.07. The molecule has 0 fully saturated rings. The minimum absolute atomic E-state index is 0.0714. The first kappa shape index (κ1) is 19.9. The van der Waals surface area contributed by atoms with Crippen molar-refractivity contribution in [2.24, 2.45) is 0 Å². The number of anilines is 4. The molecule has 3 aromatic rings. The Bertz CT molecular complexity index is 1070. The normalized spacial score (nSPS) is 10.3. The van der Waals surface area contributed by atoms with E-state index in [1.807, 2.05) is 0 Å². The number of amides is 2. The van der Waals surface area contributed by atoms with E-state index in [1.54, 1.807) is 31.2 Å². The van der Waals surface area contributed by atoms with Crippen LogP contribution in [-0.2, 0) is 4.79 Å². The molecular weight excluding hydrogens is 380 g/mol. The SMILES string of the molecule is CC(=O)Nc1ccc(NC(=O)c2cc(C)nc(Nc3ccc(F)c(F)c3)n2)cc1. The van der Waals surface area contributed by atoms with Crippen LogP contribution in [0.1, 0.15) is 23.1 Å². The number of hydrogen-bond donors (Lipinski definition) is 3. The van der Waals surface area contributed by atoms with Crippen LogP contribution in [0.4, 0.5) is 31.8 Å². The van der Waals surface area contributed by atoms with Gasteiger partial charge in [-0.1, -0.05) is 0 Å². The van der Waals surface area contributed by atoms with Crippen LogP contribution in [0.3, 0.4) is 0 Å². The Morgan fingerprint density at radius 1 is 0.828 bits per heavy atom. The smallest absolute Gasteiger partial charge is 0.274 e. The average molecular weight is 397 g/mol. The predicted octanol–water partition coefficient (Wildman–Crippen LogP) is 4.02. The van der Waals surface area contributed by atoms with Gasteiger partial charge in [0.2, 0.25) is 11.9 Å². The van der Waals surface area contributed by atoms with Crippen molar-refractivity contribution in [1.29, 1.82) is 0 Å². The van der Waals surface area contributed by atoms with E-state index in [2.05, 4.69) is 25.9 Å². The Morgan fingerprint density at radius 2 is 1.45 bits per heavy atom. The Morgan fingerprint density at radius 3 is 2.07 bits per heavy atom. The van der Waals surface area contributed by atoms with E-state index >= 15 is 0 Å². The van der Waals surface area contributed by atoms with E-state index in [9.17, 15) is 18.4 Å². The number of aryl methyl sites for hydroxylation is 1. The van der Waals surface area contributed by atoms with E-state index < -0.39 is 17.5 Å². The molecule has 0 aliphatic rings. The van der Waals surface area contributed by atoms with Gasteiger partial charge >= 0.3 is 0 Å². The third-order valence-corrected chi connectivity index (χ3v) is 3.73. The molecule has 9 heteroatoms. The van der Waals surface area contributed by atoms with Gasteiger partial charge in [0.1, 0.15) is 5.69 Å². The largest absolute Gasteiger partial charge is 0.326 e. The van der Waals surface area contributed by atoms with Crippen LogP contribution in [0.25, 0.3) is 0 Å². The van der Waals surface area contributed by atoms with Crippen LogP contribution in [0.2, 0.25) is 0 Å². The van der Waals surface area contributed by atoms with Crippen molar-refractivity contribution >= 4 is 34.8 Å². The molecule has 0 spiro atoms. The van der Waals surface area contributed by atoms with E-state index in [0.717, 1.165) is 12.1 Å². The van der Waals surface area contributed by atoms with Crippen molar-refractivity contribution < 1.29 is 18.4 Å². The summed E-state index contributed by atoms with van der Waals surface area (Å²) in [4.78, 5) is 31.9. The maximum Gasteiger partial charge on any atom is 0.274 e. The third kappa shape index (κ3) is 5.32. The zero-order valence-electron chi connectivity index (χ0n) is 15.6. The van der Waals surface area contributed by atoms with Crippen molar-refractivity contribution in [2.75, 3.05) is 16.0 Å². The number of nitrogens with one attached hydrogen (secondary N) is 3. The predicted molar refractivity (Wildman–Crippen MR) is 105 cm³/mol. The number of carbonyl (C=O) groups excluding carboxylic acids is 2. The molecule has 29 heavy (non-hydrogen) atoms. The summed E-state index contributed by atoms with van der Waals surface area (Å²) in [6.45, 7) is 3.08. The quantitative estimate of drug-likeness (QED) is 0.604. The van der Waals surface area contributed by atoms with Crippen LogP contribution in [0.15, 0.2) is 48.5 Å². The number of halogens is 2.